The molecule has 0 unspecified atom stereocenters. The van der Waals surface area contributed by atoms with Crippen LogP contribution < -0.4 is 4.72 Å². The first kappa shape index (κ1) is 14.2. The monoisotopic (exact) mass is 301 g/mol. The summed E-state index contributed by atoms with van der Waals surface area (Å²) in [4.78, 5) is 14.3. The topological polar surface area (TPSA) is 136 Å². The van der Waals surface area contributed by atoms with Gasteiger partial charge in [0.05, 0.1) is 6.54 Å². The number of sulfonamides is 1. The molecule has 9 nitrogen and oxygen atoms in total. The minimum atomic E-state index is -3.93. The highest BCUT2D eigenvalue weighted by atomic mass is 32.2. The Morgan fingerprint density at radius 2 is 2.15 bits per heavy atom. The second-order valence-electron chi connectivity index (χ2n) is 3.90. The molecule has 2 rings (SSSR count). The highest BCUT2D eigenvalue weighted by Crippen LogP contribution is 2.20. The van der Waals surface area contributed by atoms with E-state index in [0.717, 1.165) is 6.07 Å². The Morgan fingerprint density at radius 1 is 1.45 bits per heavy atom. The molecular weight excluding hydrogens is 290 g/mol. The fraction of sp³-hybridized carbons (Fsp3) is 0.300. The van der Waals surface area contributed by atoms with Gasteiger partial charge in [-0.1, -0.05) is 5.16 Å². The first-order chi connectivity index (χ1) is 9.29. The van der Waals surface area contributed by atoms with E-state index in [2.05, 4.69) is 14.9 Å². The van der Waals surface area contributed by atoms with Crippen LogP contribution in [0.2, 0.25) is 0 Å². The molecule has 20 heavy (non-hydrogen) atoms. The van der Waals surface area contributed by atoms with Crippen LogP contribution in [0.4, 0.5) is 0 Å². The average Bonchev–Trinajstić information content (AvgIpc) is 2.93. The van der Waals surface area contributed by atoms with Crippen LogP contribution in [0.3, 0.4) is 0 Å². The largest absolute Gasteiger partial charge is 0.475 e. The predicted molar refractivity (Wildman–Crippen MR) is 63.5 cm³/mol. The van der Waals surface area contributed by atoms with Crippen LogP contribution >= 0.6 is 0 Å². The number of aromatic carboxylic acids is 1. The van der Waals surface area contributed by atoms with Crippen LogP contribution in [-0.4, -0.2) is 29.6 Å². The van der Waals surface area contributed by atoms with Crippen LogP contribution in [-0.2, 0) is 16.6 Å². The summed E-state index contributed by atoms with van der Waals surface area (Å²) in [6.45, 7) is 2.76. The van der Waals surface area contributed by atoms with E-state index in [1.54, 1.807) is 6.92 Å². The predicted octanol–water partition coefficient (Wildman–Crippen LogP) is 0.456. The lowest BCUT2D eigenvalue weighted by atomic mass is 10.4. The van der Waals surface area contributed by atoms with Gasteiger partial charge in [-0.05, 0) is 13.8 Å². The number of nitrogens with zero attached hydrogens (tertiary/aromatic N) is 2. The molecule has 2 aromatic heterocycles. The van der Waals surface area contributed by atoms with Gasteiger partial charge in [0.1, 0.15) is 10.7 Å². The molecule has 0 aliphatic rings. The van der Waals surface area contributed by atoms with Crippen LogP contribution in [0.1, 0.15) is 28.0 Å². The van der Waals surface area contributed by atoms with Crippen molar-refractivity contribution in [1.82, 2.24) is 14.9 Å². The molecule has 0 spiro atoms. The van der Waals surface area contributed by atoms with Gasteiger partial charge in [0.2, 0.25) is 21.7 Å². The first-order valence-corrected chi connectivity index (χ1v) is 6.90. The Morgan fingerprint density at radius 3 is 2.65 bits per heavy atom. The van der Waals surface area contributed by atoms with E-state index >= 15 is 0 Å². The van der Waals surface area contributed by atoms with Crippen molar-refractivity contribution in [3.63, 3.8) is 0 Å². The molecule has 0 radical (unpaired) electrons. The zero-order valence-corrected chi connectivity index (χ0v) is 11.4. The number of aryl methyl sites for hydroxylation is 2. The minimum absolute atomic E-state index is 0.0170. The van der Waals surface area contributed by atoms with Crippen molar-refractivity contribution >= 4 is 16.0 Å². The third kappa shape index (κ3) is 2.86. The number of aromatic nitrogens is 2. The van der Waals surface area contributed by atoms with Gasteiger partial charge >= 0.3 is 5.97 Å². The Labute approximate surface area is 113 Å². The highest BCUT2D eigenvalue weighted by molar-refractivity contribution is 7.89. The smallest absolute Gasteiger partial charge is 0.371 e. The summed E-state index contributed by atoms with van der Waals surface area (Å²) in [7, 11) is -3.93. The fourth-order valence-corrected chi connectivity index (χ4v) is 2.64. The van der Waals surface area contributed by atoms with E-state index in [1.807, 2.05) is 0 Å². The van der Waals surface area contributed by atoms with E-state index in [9.17, 15) is 13.2 Å². The van der Waals surface area contributed by atoms with Gasteiger partial charge < -0.3 is 14.0 Å². The molecule has 2 N–H and O–H groups in total. The second kappa shape index (κ2) is 5.06. The van der Waals surface area contributed by atoms with E-state index < -0.39 is 21.8 Å². The van der Waals surface area contributed by atoms with Gasteiger partial charge in [-0.3, -0.25) is 0 Å². The molecule has 0 aromatic carbocycles. The molecule has 10 heteroatoms. The lowest BCUT2D eigenvalue weighted by molar-refractivity contribution is 0.0661. The number of furan rings is 1. The highest BCUT2D eigenvalue weighted by Gasteiger charge is 2.24. The lowest BCUT2D eigenvalue weighted by Gasteiger charge is -2.02. The van der Waals surface area contributed by atoms with Gasteiger partial charge in [-0.15, -0.1) is 0 Å². The van der Waals surface area contributed by atoms with E-state index in [1.165, 1.54) is 6.92 Å². The molecule has 2 heterocycles. The zero-order chi connectivity index (χ0) is 14.9. The summed E-state index contributed by atoms with van der Waals surface area (Å²) < 4.78 is 35.9. The van der Waals surface area contributed by atoms with Crippen molar-refractivity contribution in [3.05, 3.63) is 29.3 Å². The van der Waals surface area contributed by atoms with Gasteiger partial charge in [0, 0.05) is 6.07 Å². The quantitative estimate of drug-likeness (QED) is 0.812. The van der Waals surface area contributed by atoms with E-state index in [-0.39, 0.29) is 23.1 Å². The fourth-order valence-electron chi connectivity index (χ4n) is 1.48. The summed E-state index contributed by atoms with van der Waals surface area (Å²) in [6, 6.07) is 0.944. The van der Waals surface area contributed by atoms with E-state index in [4.69, 9.17) is 14.0 Å². The van der Waals surface area contributed by atoms with Gasteiger partial charge in [0.25, 0.3) is 0 Å². The molecule has 0 aliphatic heterocycles. The average molecular weight is 301 g/mol. The molecule has 0 saturated carbocycles. The van der Waals surface area contributed by atoms with Crippen molar-refractivity contribution < 1.29 is 27.3 Å². The summed E-state index contributed by atoms with van der Waals surface area (Å²) >= 11 is 0. The van der Waals surface area contributed by atoms with Crippen molar-refractivity contribution in [2.75, 3.05) is 0 Å². The summed E-state index contributed by atoms with van der Waals surface area (Å²) in [5.74, 6) is -1.33. The Hall–Kier alpha value is -2.20. The number of hydrogen-bond donors (Lipinski definition) is 2. The second-order valence-corrected chi connectivity index (χ2v) is 5.63. The molecule has 0 aliphatic carbocycles. The van der Waals surface area contributed by atoms with Crippen molar-refractivity contribution in [2.24, 2.45) is 0 Å². The molecule has 0 saturated heterocycles. The van der Waals surface area contributed by atoms with Crippen LogP contribution in [0, 0.1) is 13.8 Å². The number of carbonyl (C=O) groups is 1. The minimum Gasteiger partial charge on any atom is -0.475 e. The third-order valence-corrected chi connectivity index (χ3v) is 3.86. The molecule has 0 amide bonds. The maximum Gasteiger partial charge on any atom is 0.371 e. The molecule has 0 fully saturated rings. The van der Waals surface area contributed by atoms with Gasteiger partial charge in [-0.2, -0.15) is 4.98 Å². The third-order valence-electron chi connectivity index (χ3n) is 2.36. The summed E-state index contributed by atoms with van der Waals surface area (Å²) in [6.07, 6.45) is 0. The van der Waals surface area contributed by atoms with Crippen molar-refractivity contribution in [2.45, 2.75) is 25.3 Å². The molecule has 108 valence electrons. The SMILES string of the molecule is Cc1noc(CNS(=O)(=O)c2cc(C(=O)O)oc2C)n1. The Balaban J connectivity index is 2.20. The van der Waals surface area contributed by atoms with Crippen LogP contribution in [0.25, 0.3) is 0 Å². The van der Waals surface area contributed by atoms with Gasteiger partial charge in [-0.25, -0.2) is 17.9 Å². The normalized spacial score (nSPS) is 11.7. The number of rotatable bonds is 5. The summed E-state index contributed by atoms with van der Waals surface area (Å²) in [5.41, 5.74) is 0. The zero-order valence-electron chi connectivity index (χ0n) is 10.6. The molecular formula is C10H11N3O6S. The summed E-state index contributed by atoms with van der Waals surface area (Å²) in [5, 5.41) is 12.3. The Bertz CT molecular complexity index is 745. The van der Waals surface area contributed by atoms with Gasteiger partial charge in [0.15, 0.2) is 5.82 Å². The molecule has 0 bridgehead atoms. The van der Waals surface area contributed by atoms with E-state index in [0.29, 0.717) is 5.82 Å². The molecule has 2 aromatic rings. The van der Waals surface area contributed by atoms with Crippen molar-refractivity contribution in [1.29, 1.82) is 0 Å². The van der Waals surface area contributed by atoms with Crippen molar-refractivity contribution in [3.8, 4) is 0 Å². The number of hydrogen-bond acceptors (Lipinski definition) is 7. The number of nitrogens with one attached hydrogen (secondary N) is 1. The lowest BCUT2D eigenvalue weighted by Crippen LogP contribution is -2.23. The first-order valence-electron chi connectivity index (χ1n) is 5.42. The van der Waals surface area contributed by atoms with Crippen LogP contribution in [0.15, 0.2) is 19.9 Å². The maximum absolute atomic E-state index is 12.0. The standard InChI is InChI=1S/C10H11N3O6S/c1-5-8(3-7(18-5)10(14)15)20(16,17)11-4-9-12-6(2)13-19-9/h3,11H,4H2,1-2H3,(H,14,15). The number of carboxylic acids is 1. The molecule has 0 atom stereocenters. The van der Waals surface area contributed by atoms with Crippen LogP contribution in [0.5, 0.6) is 0 Å². The number of carboxylic acid groups (broad SMARTS) is 1. The Kier molecular flexibility index (Phi) is 3.59. The maximum atomic E-state index is 12.0.